The minimum atomic E-state index is -0.325. The van der Waals surface area contributed by atoms with Crippen LogP contribution in [0.3, 0.4) is 0 Å². The second-order valence-electron chi connectivity index (χ2n) is 6.32. The van der Waals surface area contributed by atoms with Crippen LogP contribution in [0.5, 0.6) is 5.75 Å². The van der Waals surface area contributed by atoms with E-state index in [9.17, 15) is 0 Å². The average Bonchev–Trinajstić information content (AvgIpc) is 2.48. The second-order valence-corrected chi connectivity index (χ2v) is 6.32. The lowest BCUT2D eigenvalue weighted by molar-refractivity contribution is 0.215. The third-order valence-corrected chi connectivity index (χ3v) is 4.40. The van der Waals surface area contributed by atoms with Crippen LogP contribution >= 0.6 is 0 Å². The standard InChI is InChI=1S/C19H23NO/c1-14(2)16-9-7-15(8-10-16)13-19(20)11-12-21-18-6-4-3-5-17(18)19/h3-10,14H,11-13,20H2,1-2H3. The molecule has 3 rings (SSSR count). The minimum Gasteiger partial charge on any atom is -0.493 e. The molecule has 21 heavy (non-hydrogen) atoms. The summed E-state index contributed by atoms with van der Waals surface area (Å²) < 4.78 is 5.73. The smallest absolute Gasteiger partial charge is 0.124 e. The molecule has 0 fully saturated rings. The largest absolute Gasteiger partial charge is 0.493 e. The summed E-state index contributed by atoms with van der Waals surface area (Å²) in [6.45, 7) is 5.12. The van der Waals surface area contributed by atoms with Crippen LogP contribution in [0.25, 0.3) is 0 Å². The quantitative estimate of drug-likeness (QED) is 0.923. The molecule has 0 amide bonds. The van der Waals surface area contributed by atoms with E-state index in [1.807, 2.05) is 18.2 Å². The third-order valence-electron chi connectivity index (χ3n) is 4.40. The van der Waals surface area contributed by atoms with E-state index < -0.39 is 0 Å². The van der Waals surface area contributed by atoms with Crippen molar-refractivity contribution in [3.8, 4) is 5.75 Å². The van der Waals surface area contributed by atoms with Crippen molar-refractivity contribution >= 4 is 0 Å². The van der Waals surface area contributed by atoms with Gasteiger partial charge in [0.15, 0.2) is 0 Å². The number of ether oxygens (including phenoxy) is 1. The molecule has 0 radical (unpaired) electrons. The topological polar surface area (TPSA) is 35.2 Å². The second kappa shape index (κ2) is 5.53. The average molecular weight is 281 g/mol. The zero-order valence-electron chi connectivity index (χ0n) is 12.8. The molecule has 0 saturated heterocycles. The van der Waals surface area contributed by atoms with E-state index >= 15 is 0 Å². The van der Waals surface area contributed by atoms with Crippen LogP contribution in [0, 0.1) is 0 Å². The van der Waals surface area contributed by atoms with E-state index in [0.717, 1.165) is 24.2 Å². The van der Waals surface area contributed by atoms with Crippen LogP contribution < -0.4 is 10.5 Å². The summed E-state index contributed by atoms with van der Waals surface area (Å²) in [5, 5.41) is 0. The maximum atomic E-state index is 6.72. The van der Waals surface area contributed by atoms with Gasteiger partial charge >= 0.3 is 0 Å². The maximum Gasteiger partial charge on any atom is 0.124 e. The van der Waals surface area contributed by atoms with Gasteiger partial charge in [-0.15, -0.1) is 0 Å². The highest BCUT2D eigenvalue weighted by molar-refractivity contribution is 5.42. The normalized spacial score (nSPS) is 21.0. The van der Waals surface area contributed by atoms with Crippen molar-refractivity contribution in [3.05, 3.63) is 65.2 Å². The fourth-order valence-corrected chi connectivity index (χ4v) is 3.05. The molecule has 2 N–H and O–H groups in total. The number of hydrogen-bond acceptors (Lipinski definition) is 2. The van der Waals surface area contributed by atoms with Gasteiger partial charge in [0.1, 0.15) is 5.75 Å². The molecule has 0 saturated carbocycles. The van der Waals surface area contributed by atoms with Crippen molar-refractivity contribution in [2.24, 2.45) is 5.73 Å². The number of benzene rings is 2. The first-order valence-corrected chi connectivity index (χ1v) is 7.68. The lowest BCUT2D eigenvalue weighted by atomic mass is 9.80. The molecule has 1 heterocycles. The maximum absolute atomic E-state index is 6.72. The fourth-order valence-electron chi connectivity index (χ4n) is 3.05. The van der Waals surface area contributed by atoms with Crippen molar-refractivity contribution in [2.75, 3.05) is 6.61 Å². The van der Waals surface area contributed by atoms with Crippen molar-refractivity contribution in [1.29, 1.82) is 0 Å². The molecule has 2 heteroatoms. The van der Waals surface area contributed by atoms with E-state index in [1.165, 1.54) is 11.1 Å². The van der Waals surface area contributed by atoms with E-state index in [2.05, 4.69) is 44.2 Å². The van der Waals surface area contributed by atoms with Crippen LogP contribution in [0.1, 0.15) is 42.9 Å². The molecule has 2 aromatic carbocycles. The van der Waals surface area contributed by atoms with E-state index in [1.54, 1.807) is 0 Å². The Morgan fingerprint density at radius 3 is 2.52 bits per heavy atom. The number of hydrogen-bond donors (Lipinski definition) is 1. The van der Waals surface area contributed by atoms with Gasteiger partial charge in [0, 0.05) is 12.0 Å². The monoisotopic (exact) mass is 281 g/mol. The number of nitrogens with two attached hydrogens (primary N) is 1. The summed E-state index contributed by atoms with van der Waals surface area (Å²) in [4.78, 5) is 0. The fraction of sp³-hybridized carbons (Fsp3) is 0.368. The Bertz CT molecular complexity index is 618. The molecule has 1 atom stereocenters. The van der Waals surface area contributed by atoms with Crippen molar-refractivity contribution in [1.82, 2.24) is 0 Å². The Morgan fingerprint density at radius 2 is 1.81 bits per heavy atom. The van der Waals surface area contributed by atoms with Crippen molar-refractivity contribution in [2.45, 2.75) is 38.1 Å². The van der Waals surface area contributed by atoms with Gasteiger partial charge < -0.3 is 10.5 Å². The Hall–Kier alpha value is -1.80. The first kappa shape index (κ1) is 14.2. The van der Waals surface area contributed by atoms with Gasteiger partial charge in [0.2, 0.25) is 0 Å². The molecule has 1 aliphatic rings. The van der Waals surface area contributed by atoms with Crippen LogP contribution in [0.15, 0.2) is 48.5 Å². The van der Waals surface area contributed by atoms with Gasteiger partial charge in [-0.1, -0.05) is 56.3 Å². The first-order valence-electron chi connectivity index (χ1n) is 7.68. The Balaban J connectivity index is 1.87. The van der Waals surface area contributed by atoms with E-state index in [4.69, 9.17) is 10.5 Å². The lowest BCUT2D eigenvalue weighted by Gasteiger charge is -2.35. The summed E-state index contributed by atoms with van der Waals surface area (Å²) in [6.07, 6.45) is 1.71. The molecule has 0 aliphatic carbocycles. The van der Waals surface area contributed by atoms with Crippen LogP contribution in [-0.4, -0.2) is 6.61 Å². The third kappa shape index (κ3) is 2.81. The molecular weight excluding hydrogens is 258 g/mol. The first-order chi connectivity index (χ1) is 10.1. The van der Waals surface area contributed by atoms with Crippen LogP contribution in [0.4, 0.5) is 0 Å². The van der Waals surface area contributed by atoms with Crippen molar-refractivity contribution in [3.63, 3.8) is 0 Å². The zero-order valence-corrected chi connectivity index (χ0v) is 12.8. The number of fused-ring (bicyclic) bond motifs is 1. The molecular formula is C19H23NO. The van der Waals surface area contributed by atoms with Gasteiger partial charge in [-0.2, -0.15) is 0 Å². The van der Waals surface area contributed by atoms with E-state index in [-0.39, 0.29) is 5.54 Å². The molecule has 0 aromatic heterocycles. The van der Waals surface area contributed by atoms with Gasteiger partial charge in [-0.3, -0.25) is 0 Å². The van der Waals surface area contributed by atoms with Gasteiger partial charge in [0.05, 0.1) is 12.1 Å². The predicted molar refractivity (Wildman–Crippen MR) is 86.7 cm³/mol. The highest BCUT2D eigenvalue weighted by atomic mass is 16.5. The van der Waals surface area contributed by atoms with E-state index in [0.29, 0.717) is 12.5 Å². The zero-order chi connectivity index (χ0) is 14.9. The van der Waals surface area contributed by atoms with Crippen LogP contribution in [-0.2, 0) is 12.0 Å². The molecule has 2 nitrogen and oxygen atoms in total. The highest BCUT2D eigenvalue weighted by Gasteiger charge is 2.33. The minimum absolute atomic E-state index is 0.325. The van der Waals surface area contributed by atoms with Crippen molar-refractivity contribution < 1.29 is 4.74 Å². The van der Waals surface area contributed by atoms with Gasteiger partial charge in [0.25, 0.3) is 0 Å². The Labute approximate surface area is 126 Å². The summed E-state index contributed by atoms with van der Waals surface area (Å²) in [6, 6.07) is 17.0. The van der Waals surface area contributed by atoms with Gasteiger partial charge in [-0.05, 0) is 29.5 Å². The predicted octanol–water partition coefficient (Wildman–Crippen LogP) is 3.99. The molecule has 0 spiro atoms. The summed E-state index contributed by atoms with van der Waals surface area (Å²) in [5.74, 6) is 1.50. The Morgan fingerprint density at radius 1 is 1.10 bits per heavy atom. The lowest BCUT2D eigenvalue weighted by Crippen LogP contribution is -2.43. The molecule has 110 valence electrons. The Kier molecular flexibility index (Phi) is 3.73. The molecule has 0 bridgehead atoms. The summed E-state index contributed by atoms with van der Waals surface area (Å²) in [5.41, 5.74) is 10.2. The number of rotatable bonds is 3. The molecule has 2 aromatic rings. The highest BCUT2D eigenvalue weighted by Crippen LogP contribution is 2.37. The summed E-state index contributed by atoms with van der Waals surface area (Å²) >= 11 is 0. The van der Waals surface area contributed by atoms with Gasteiger partial charge in [-0.25, -0.2) is 0 Å². The number of para-hydroxylation sites is 1. The van der Waals surface area contributed by atoms with Crippen LogP contribution in [0.2, 0.25) is 0 Å². The summed E-state index contributed by atoms with van der Waals surface area (Å²) in [7, 11) is 0. The SMILES string of the molecule is CC(C)c1ccc(CC2(N)CCOc3ccccc32)cc1. The molecule has 1 aliphatic heterocycles. The molecule has 1 unspecified atom stereocenters.